The van der Waals surface area contributed by atoms with Gasteiger partial charge in [-0.1, -0.05) is 0 Å². The molecular formula is C26H38N4O4. The average molecular weight is 471 g/mol. The number of anilines is 1. The maximum absolute atomic E-state index is 13.2. The minimum Gasteiger partial charge on any atom is -0.478 e. The first-order valence-corrected chi connectivity index (χ1v) is 12.3. The number of nitrogens with one attached hydrogen (secondary N) is 3. The lowest BCUT2D eigenvalue weighted by molar-refractivity contribution is -0.150. The summed E-state index contributed by atoms with van der Waals surface area (Å²) in [7, 11) is 0. The fourth-order valence-corrected chi connectivity index (χ4v) is 6.34. The number of urea groups is 1. The van der Waals surface area contributed by atoms with Gasteiger partial charge in [0.15, 0.2) is 5.60 Å². The Morgan fingerprint density at radius 3 is 2.09 bits per heavy atom. The minimum atomic E-state index is -1.07. The Bertz CT molecular complexity index is 950. The summed E-state index contributed by atoms with van der Waals surface area (Å²) in [6, 6.07) is 6.74. The molecule has 5 N–H and O–H groups in total. The summed E-state index contributed by atoms with van der Waals surface area (Å²) in [6.07, 6.45) is 4.56. The van der Waals surface area contributed by atoms with Crippen molar-refractivity contribution in [1.82, 2.24) is 10.6 Å². The number of ether oxygens (including phenoxy) is 1. The van der Waals surface area contributed by atoms with Gasteiger partial charge in [0.2, 0.25) is 5.91 Å². The van der Waals surface area contributed by atoms with Crippen LogP contribution in [0.2, 0.25) is 0 Å². The van der Waals surface area contributed by atoms with Crippen molar-refractivity contribution in [3.63, 3.8) is 0 Å². The molecule has 2 unspecified atom stereocenters. The predicted octanol–water partition coefficient (Wildman–Crippen LogP) is 3.56. The maximum atomic E-state index is 13.2. The number of hydrogen-bond donors (Lipinski definition) is 4. The van der Waals surface area contributed by atoms with E-state index < -0.39 is 5.60 Å². The Morgan fingerprint density at radius 2 is 1.56 bits per heavy atom. The van der Waals surface area contributed by atoms with Crippen LogP contribution in [0.15, 0.2) is 24.3 Å². The standard InChI is InChI=1S/C26H38N4O4/c1-24(2,3)30-23(33)28-18-6-8-19(9-7-18)34-25(4,5)22(32)29-20-16-10-15-11-17(20)14-26(12-15,13-16)21(27)31/h6-9,15-17,20H,10-14H2,1-5H3,(H2,27,31)(H,29,32)(H2,28,30,33). The van der Waals surface area contributed by atoms with Crippen LogP contribution in [-0.2, 0) is 9.59 Å². The van der Waals surface area contributed by atoms with E-state index in [0.717, 1.165) is 32.1 Å². The number of nitrogens with two attached hydrogens (primary N) is 1. The molecule has 8 heteroatoms. The number of amides is 4. The highest BCUT2D eigenvalue weighted by Gasteiger charge is 2.58. The van der Waals surface area contributed by atoms with E-state index in [1.807, 2.05) is 20.8 Å². The molecule has 4 aliphatic rings. The Kier molecular flexibility index (Phi) is 6.07. The van der Waals surface area contributed by atoms with Crippen molar-refractivity contribution in [2.45, 2.75) is 83.9 Å². The third-order valence-electron chi connectivity index (χ3n) is 7.61. The van der Waals surface area contributed by atoms with E-state index in [1.165, 1.54) is 0 Å². The Balaban J connectivity index is 1.35. The van der Waals surface area contributed by atoms with Crippen molar-refractivity contribution in [3.05, 3.63) is 24.3 Å². The van der Waals surface area contributed by atoms with E-state index in [-0.39, 0.29) is 34.8 Å². The number of primary amides is 1. The van der Waals surface area contributed by atoms with E-state index in [0.29, 0.717) is 29.2 Å². The Labute approximate surface area is 201 Å². The number of carbonyl (C=O) groups is 3. The molecule has 4 aliphatic carbocycles. The van der Waals surface area contributed by atoms with E-state index in [9.17, 15) is 14.4 Å². The summed E-state index contributed by atoms with van der Waals surface area (Å²) < 4.78 is 6.04. The molecule has 5 rings (SSSR count). The molecule has 0 aliphatic heterocycles. The van der Waals surface area contributed by atoms with Crippen LogP contribution in [0.25, 0.3) is 0 Å². The lowest BCUT2D eigenvalue weighted by Gasteiger charge is -2.59. The highest BCUT2D eigenvalue weighted by Crippen LogP contribution is 2.59. The summed E-state index contributed by atoms with van der Waals surface area (Å²) in [4.78, 5) is 37.5. The maximum Gasteiger partial charge on any atom is 0.319 e. The molecule has 8 nitrogen and oxygen atoms in total. The van der Waals surface area contributed by atoms with E-state index in [2.05, 4.69) is 16.0 Å². The second-order valence-electron chi connectivity index (χ2n) is 12.1. The van der Waals surface area contributed by atoms with Gasteiger partial charge in [0, 0.05) is 22.7 Å². The van der Waals surface area contributed by atoms with Crippen LogP contribution >= 0.6 is 0 Å². The summed E-state index contributed by atoms with van der Waals surface area (Å²) in [5, 5.41) is 8.89. The summed E-state index contributed by atoms with van der Waals surface area (Å²) in [6.45, 7) is 9.25. The quantitative estimate of drug-likeness (QED) is 0.508. The fraction of sp³-hybridized carbons (Fsp3) is 0.654. The first kappa shape index (κ1) is 24.4. The van der Waals surface area contributed by atoms with E-state index in [1.54, 1.807) is 38.1 Å². The van der Waals surface area contributed by atoms with Gasteiger partial charge in [0.05, 0.1) is 0 Å². The van der Waals surface area contributed by atoms with Crippen LogP contribution in [0.4, 0.5) is 10.5 Å². The van der Waals surface area contributed by atoms with Crippen LogP contribution < -0.4 is 26.4 Å². The van der Waals surface area contributed by atoms with Gasteiger partial charge in [0.1, 0.15) is 5.75 Å². The molecule has 1 aromatic carbocycles. The SMILES string of the molecule is CC(C)(C)NC(=O)Nc1ccc(OC(C)(C)C(=O)NC2C3CC4CC2CC(C(N)=O)(C4)C3)cc1. The summed E-state index contributed by atoms with van der Waals surface area (Å²) >= 11 is 0. The van der Waals surface area contributed by atoms with Gasteiger partial charge in [-0.25, -0.2) is 4.79 Å². The molecule has 4 amide bonds. The van der Waals surface area contributed by atoms with Gasteiger partial charge in [-0.3, -0.25) is 9.59 Å². The van der Waals surface area contributed by atoms with Crippen molar-refractivity contribution in [3.8, 4) is 5.75 Å². The molecule has 186 valence electrons. The van der Waals surface area contributed by atoms with Crippen LogP contribution in [0.3, 0.4) is 0 Å². The molecule has 4 fully saturated rings. The molecule has 4 bridgehead atoms. The van der Waals surface area contributed by atoms with Crippen molar-refractivity contribution in [1.29, 1.82) is 0 Å². The predicted molar refractivity (Wildman–Crippen MR) is 130 cm³/mol. The molecule has 1 aromatic rings. The first-order chi connectivity index (χ1) is 15.8. The second-order valence-corrected chi connectivity index (χ2v) is 12.1. The number of rotatable bonds is 6. The van der Waals surface area contributed by atoms with Crippen molar-refractivity contribution in [2.75, 3.05) is 5.32 Å². The molecule has 0 aromatic heterocycles. The zero-order valence-electron chi connectivity index (χ0n) is 20.9. The van der Waals surface area contributed by atoms with E-state index >= 15 is 0 Å². The Hall–Kier alpha value is -2.77. The number of hydrogen-bond acceptors (Lipinski definition) is 4. The highest BCUT2D eigenvalue weighted by atomic mass is 16.5. The normalized spacial score (nSPS) is 29.9. The minimum absolute atomic E-state index is 0.0623. The van der Waals surface area contributed by atoms with Crippen LogP contribution in [0, 0.1) is 23.2 Å². The monoisotopic (exact) mass is 470 g/mol. The van der Waals surface area contributed by atoms with Crippen LogP contribution in [0.5, 0.6) is 5.75 Å². The van der Waals surface area contributed by atoms with Gasteiger partial charge in [-0.15, -0.1) is 0 Å². The zero-order valence-corrected chi connectivity index (χ0v) is 20.9. The third-order valence-corrected chi connectivity index (χ3v) is 7.61. The van der Waals surface area contributed by atoms with Crippen LogP contribution in [-0.4, -0.2) is 35.0 Å². The van der Waals surface area contributed by atoms with Gasteiger partial charge < -0.3 is 26.4 Å². The molecule has 4 saturated carbocycles. The fourth-order valence-electron chi connectivity index (χ4n) is 6.34. The molecule has 0 radical (unpaired) electrons. The van der Waals surface area contributed by atoms with Crippen LogP contribution in [0.1, 0.15) is 66.7 Å². The molecule has 34 heavy (non-hydrogen) atoms. The average Bonchev–Trinajstić information content (AvgIpc) is 2.69. The lowest BCUT2D eigenvalue weighted by atomic mass is 9.47. The van der Waals surface area contributed by atoms with Crippen molar-refractivity contribution >= 4 is 23.5 Å². The van der Waals surface area contributed by atoms with E-state index in [4.69, 9.17) is 10.5 Å². The molecular weight excluding hydrogens is 432 g/mol. The first-order valence-electron chi connectivity index (χ1n) is 12.3. The largest absolute Gasteiger partial charge is 0.478 e. The van der Waals surface area contributed by atoms with Gasteiger partial charge in [-0.2, -0.15) is 0 Å². The molecule has 2 atom stereocenters. The van der Waals surface area contributed by atoms with Gasteiger partial charge in [0.25, 0.3) is 5.91 Å². The summed E-state index contributed by atoms with van der Waals surface area (Å²) in [5.41, 5.74) is 4.64. The third kappa shape index (κ3) is 5.00. The lowest BCUT2D eigenvalue weighted by Crippen LogP contribution is -2.63. The van der Waals surface area contributed by atoms with Crippen molar-refractivity contribution < 1.29 is 19.1 Å². The molecule has 0 heterocycles. The van der Waals surface area contributed by atoms with Gasteiger partial charge in [-0.05, 0) is 109 Å². The summed E-state index contributed by atoms with van der Waals surface area (Å²) in [5.74, 6) is 1.34. The number of benzene rings is 1. The highest BCUT2D eigenvalue weighted by molar-refractivity contribution is 5.89. The molecule has 0 saturated heterocycles. The second kappa shape index (κ2) is 8.47. The smallest absolute Gasteiger partial charge is 0.319 e. The van der Waals surface area contributed by atoms with Gasteiger partial charge >= 0.3 is 6.03 Å². The van der Waals surface area contributed by atoms with Crippen molar-refractivity contribution in [2.24, 2.45) is 28.9 Å². The molecule has 0 spiro atoms. The number of carbonyl (C=O) groups excluding carboxylic acids is 3. The Morgan fingerprint density at radius 1 is 0.971 bits per heavy atom. The topological polar surface area (TPSA) is 123 Å². The zero-order chi connectivity index (χ0) is 24.9.